The predicted octanol–water partition coefficient (Wildman–Crippen LogP) is 1.93. The molecule has 6 heteroatoms. The van der Waals surface area contributed by atoms with Crippen molar-refractivity contribution in [3.05, 3.63) is 0 Å². The Hall–Kier alpha value is -0.780. The number of piperazine rings is 1. The highest BCUT2D eigenvalue weighted by molar-refractivity contribution is 5.76. The maximum atomic E-state index is 11.9. The standard InChI is InChI=1S/C9H13F3N2O.C2H6/c10-9(11,12)2-1-8(15)14-4-6-3-7(5-14)13-6;1-2/h6-7,13H,1-5H2;1-2H3. The summed E-state index contributed by atoms with van der Waals surface area (Å²) in [4.78, 5) is 13.0. The first-order valence-corrected chi connectivity index (χ1v) is 6.04. The van der Waals surface area contributed by atoms with E-state index in [1.807, 2.05) is 13.8 Å². The molecule has 3 saturated heterocycles. The predicted molar refractivity (Wildman–Crippen MR) is 58.5 cm³/mol. The number of hydrogen-bond acceptors (Lipinski definition) is 2. The van der Waals surface area contributed by atoms with Crippen LogP contribution in [0.15, 0.2) is 0 Å². The van der Waals surface area contributed by atoms with E-state index in [1.165, 1.54) is 0 Å². The van der Waals surface area contributed by atoms with Gasteiger partial charge in [0.1, 0.15) is 0 Å². The van der Waals surface area contributed by atoms with E-state index in [9.17, 15) is 18.0 Å². The van der Waals surface area contributed by atoms with E-state index >= 15 is 0 Å². The quantitative estimate of drug-likeness (QED) is 0.814. The first-order valence-electron chi connectivity index (χ1n) is 6.04. The molecule has 3 heterocycles. The highest BCUT2D eigenvalue weighted by Gasteiger charge is 2.38. The third kappa shape index (κ3) is 4.18. The van der Waals surface area contributed by atoms with Gasteiger partial charge in [0.15, 0.2) is 0 Å². The molecular formula is C11H19F3N2O. The minimum absolute atomic E-state index is 0.304. The Kier molecular flexibility index (Phi) is 4.80. The molecule has 0 aromatic carbocycles. The Morgan fingerprint density at radius 1 is 1.29 bits per heavy atom. The highest BCUT2D eigenvalue weighted by Crippen LogP contribution is 2.24. The molecule has 1 amide bonds. The fraction of sp³-hybridized carbons (Fsp3) is 0.909. The SMILES string of the molecule is CC.O=C(CCC(F)(F)F)N1CC2CC(C1)N2. The molecular weight excluding hydrogens is 233 g/mol. The number of rotatable bonds is 2. The molecule has 1 N–H and O–H groups in total. The number of carbonyl (C=O) groups excluding carboxylic acids is 1. The van der Waals surface area contributed by atoms with Crippen LogP contribution in [0.5, 0.6) is 0 Å². The first kappa shape index (κ1) is 14.3. The molecule has 2 bridgehead atoms. The molecule has 3 aliphatic rings. The van der Waals surface area contributed by atoms with Crippen LogP contribution in [0, 0.1) is 0 Å². The summed E-state index contributed by atoms with van der Waals surface area (Å²) >= 11 is 0. The van der Waals surface area contributed by atoms with Crippen molar-refractivity contribution in [2.45, 2.75) is 51.4 Å². The van der Waals surface area contributed by atoms with Gasteiger partial charge in [-0.2, -0.15) is 13.2 Å². The molecule has 0 saturated carbocycles. The lowest BCUT2D eigenvalue weighted by molar-refractivity contribution is -0.151. The summed E-state index contributed by atoms with van der Waals surface area (Å²) in [6, 6.07) is 0.608. The van der Waals surface area contributed by atoms with E-state index in [1.54, 1.807) is 4.90 Å². The fourth-order valence-corrected chi connectivity index (χ4v) is 2.12. The van der Waals surface area contributed by atoms with Gasteiger partial charge in [0.25, 0.3) is 0 Å². The molecule has 3 aliphatic heterocycles. The maximum absolute atomic E-state index is 11.9. The summed E-state index contributed by atoms with van der Waals surface area (Å²) < 4.78 is 35.7. The molecule has 17 heavy (non-hydrogen) atoms. The lowest BCUT2D eigenvalue weighted by atomic mass is 9.91. The van der Waals surface area contributed by atoms with Crippen molar-refractivity contribution in [1.82, 2.24) is 10.2 Å². The van der Waals surface area contributed by atoms with Gasteiger partial charge in [-0.25, -0.2) is 0 Å². The molecule has 2 atom stereocenters. The van der Waals surface area contributed by atoms with Crippen LogP contribution >= 0.6 is 0 Å². The average Bonchev–Trinajstić information content (AvgIpc) is 2.27. The molecule has 100 valence electrons. The highest BCUT2D eigenvalue weighted by atomic mass is 19.4. The molecule has 3 nitrogen and oxygen atoms in total. The summed E-state index contributed by atoms with van der Waals surface area (Å²) in [5, 5.41) is 3.22. The van der Waals surface area contributed by atoms with Crippen LogP contribution in [0.3, 0.4) is 0 Å². The number of amides is 1. The van der Waals surface area contributed by atoms with Crippen molar-refractivity contribution in [2.75, 3.05) is 13.1 Å². The number of nitrogens with one attached hydrogen (secondary N) is 1. The van der Waals surface area contributed by atoms with Gasteiger partial charge in [0.05, 0.1) is 6.42 Å². The third-order valence-corrected chi connectivity index (χ3v) is 2.90. The Labute approximate surface area is 99.4 Å². The van der Waals surface area contributed by atoms with Crippen molar-refractivity contribution < 1.29 is 18.0 Å². The van der Waals surface area contributed by atoms with Crippen molar-refractivity contribution >= 4 is 5.91 Å². The van der Waals surface area contributed by atoms with Gasteiger partial charge in [-0.3, -0.25) is 4.79 Å². The topological polar surface area (TPSA) is 32.3 Å². The summed E-state index contributed by atoms with van der Waals surface area (Å²) in [5.41, 5.74) is 0. The zero-order valence-electron chi connectivity index (χ0n) is 10.2. The molecule has 0 aromatic heterocycles. The van der Waals surface area contributed by atoms with Crippen molar-refractivity contribution in [1.29, 1.82) is 0 Å². The molecule has 3 rings (SSSR count). The largest absolute Gasteiger partial charge is 0.389 e. The summed E-state index contributed by atoms with van der Waals surface area (Å²) in [7, 11) is 0. The Morgan fingerprint density at radius 2 is 1.76 bits per heavy atom. The number of alkyl halides is 3. The first-order chi connectivity index (χ1) is 7.94. The second-order valence-electron chi connectivity index (χ2n) is 4.21. The van der Waals surface area contributed by atoms with Gasteiger partial charge in [-0.05, 0) is 6.42 Å². The normalized spacial score (nSPS) is 26.8. The lowest BCUT2D eigenvalue weighted by Gasteiger charge is -2.48. The van der Waals surface area contributed by atoms with E-state index in [0.717, 1.165) is 6.42 Å². The van der Waals surface area contributed by atoms with Crippen molar-refractivity contribution in [2.24, 2.45) is 0 Å². The molecule has 0 radical (unpaired) electrons. The number of hydrogen-bond donors (Lipinski definition) is 1. The molecule has 0 spiro atoms. The zero-order valence-corrected chi connectivity index (χ0v) is 10.2. The number of fused-ring (bicyclic) bond motifs is 2. The monoisotopic (exact) mass is 252 g/mol. The smallest absolute Gasteiger partial charge is 0.340 e. The second kappa shape index (κ2) is 5.71. The van der Waals surface area contributed by atoms with E-state index in [4.69, 9.17) is 0 Å². The van der Waals surface area contributed by atoms with Crippen LogP contribution < -0.4 is 5.32 Å². The lowest BCUT2D eigenvalue weighted by Crippen LogP contribution is -2.67. The van der Waals surface area contributed by atoms with E-state index in [2.05, 4.69) is 5.32 Å². The minimum Gasteiger partial charge on any atom is -0.340 e. The summed E-state index contributed by atoms with van der Waals surface area (Å²) in [5.74, 6) is -0.372. The number of piperidine rings is 1. The summed E-state index contributed by atoms with van der Waals surface area (Å²) in [6.07, 6.45) is -4.61. The molecule has 0 aromatic rings. The van der Waals surface area contributed by atoms with Crippen LogP contribution in [-0.4, -0.2) is 42.2 Å². The zero-order chi connectivity index (χ0) is 13.1. The Balaban J connectivity index is 0.000000686. The number of halogens is 3. The van der Waals surface area contributed by atoms with E-state index < -0.39 is 19.0 Å². The van der Waals surface area contributed by atoms with Gasteiger partial charge in [-0.15, -0.1) is 0 Å². The van der Waals surface area contributed by atoms with Crippen molar-refractivity contribution in [3.8, 4) is 0 Å². The summed E-state index contributed by atoms with van der Waals surface area (Å²) in [6.45, 7) is 5.13. The van der Waals surface area contributed by atoms with E-state index in [-0.39, 0.29) is 5.91 Å². The van der Waals surface area contributed by atoms with Crippen LogP contribution in [-0.2, 0) is 4.79 Å². The van der Waals surface area contributed by atoms with Crippen LogP contribution in [0.25, 0.3) is 0 Å². The van der Waals surface area contributed by atoms with Gasteiger partial charge < -0.3 is 10.2 Å². The third-order valence-electron chi connectivity index (χ3n) is 2.90. The van der Waals surface area contributed by atoms with E-state index in [0.29, 0.717) is 25.2 Å². The second-order valence-corrected chi connectivity index (χ2v) is 4.21. The van der Waals surface area contributed by atoms with Gasteiger partial charge in [0.2, 0.25) is 5.91 Å². The fourth-order valence-electron chi connectivity index (χ4n) is 2.12. The number of carbonyl (C=O) groups is 1. The molecule has 3 fully saturated rings. The van der Waals surface area contributed by atoms with Gasteiger partial charge in [-0.1, -0.05) is 13.8 Å². The minimum atomic E-state index is -4.23. The van der Waals surface area contributed by atoms with Gasteiger partial charge >= 0.3 is 6.18 Å². The van der Waals surface area contributed by atoms with Crippen LogP contribution in [0.1, 0.15) is 33.1 Å². The number of nitrogens with zero attached hydrogens (tertiary/aromatic N) is 1. The van der Waals surface area contributed by atoms with Gasteiger partial charge in [0, 0.05) is 31.6 Å². The van der Waals surface area contributed by atoms with Crippen LogP contribution in [0.2, 0.25) is 0 Å². The van der Waals surface area contributed by atoms with Crippen molar-refractivity contribution in [3.63, 3.8) is 0 Å². The molecule has 0 aliphatic carbocycles. The molecule has 2 unspecified atom stereocenters. The average molecular weight is 252 g/mol. The van der Waals surface area contributed by atoms with Crippen LogP contribution in [0.4, 0.5) is 13.2 Å². The Bertz CT molecular complexity index is 252. The Morgan fingerprint density at radius 3 is 2.18 bits per heavy atom. The maximum Gasteiger partial charge on any atom is 0.389 e.